The first kappa shape index (κ1) is 10.2. The van der Waals surface area contributed by atoms with Gasteiger partial charge in [0.25, 0.3) is 0 Å². The quantitative estimate of drug-likeness (QED) is 0.560. The predicted octanol–water partition coefficient (Wildman–Crippen LogP) is 1.06. The molecule has 0 radical (unpaired) electrons. The van der Waals surface area contributed by atoms with Gasteiger partial charge in [0.15, 0.2) is 0 Å². The average Bonchev–Trinajstić information content (AvgIpc) is 2.65. The summed E-state index contributed by atoms with van der Waals surface area (Å²) in [4.78, 5) is 10.8. The fourth-order valence-corrected chi connectivity index (χ4v) is 2.04. The van der Waals surface area contributed by atoms with Crippen LogP contribution in [0.1, 0.15) is 25.3 Å². The van der Waals surface area contributed by atoms with Crippen LogP contribution in [-0.2, 0) is 0 Å². The van der Waals surface area contributed by atoms with Crippen LogP contribution in [-0.4, -0.2) is 22.6 Å². The molecule has 0 aliphatic carbocycles. The first-order valence-corrected chi connectivity index (χ1v) is 5.29. The molecule has 2 rings (SSSR count). The summed E-state index contributed by atoms with van der Waals surface area (Å²) in [7, 11) is 0. The van der Waals surface area contributed by atoms with Gasteiger partial charge in [-0.2, -0.15) is 4.98 Å². The van der Waals surface area contributed by atoms with Gasteiger partial charge < -0.3 is 4.90 Å². The molecule has 1 aromatic heterocycles. The van der Waals surface area contributed by atoms with Crippen molar-refractivity contribution in [2.24, 2.45) is 5.84 Å². The van der Waals surface area contributed by atoms with Gasteiger partial charge >= 0.3 is 0 Å². The van der Waals surface area contributed by atoms with Gasteiger partial charge in [-0.1, -0.05) is 0 Å². The predicted molar refractivity (Wildman–Crippen MR) is 60.6 cm³/mol. The second-order valence-corrected chi connectivity index (χ2v) is 4.03. The van der Waals surface area contributed by atoms with Gasteiger partial charge in [-0.15, -0.1) is 0 Å². The van der Waals surface area contributed by atoms with Crippen LogP contribution < -0.4 is 16.2 Å². The zero-order valence-corrected chi connectivity index (χ0v) is 9.20. The van der Waals surface area contributed by atoms with Crippen molar-refractivity contribution in [2.45, 2.75) is 32.7 Å². The van der Waals surface area contributed by atoms with Crippen molar-refractivity contribution in [3.05, 3.63) is 11.8 Å². The van der Waals surface area contributed by atoms with E-state index in [1.54, 1.807) is 0 Å². The number of nitrogens with two attached hydrogens (primary N) is 1. The molecule has 2 heterocycles. The maximum Gasteiger partial charge on any atom is 0.239 e. The van der Waals surface area contributed by atoms with Crippen molar-refractivity contribution < 1.29 is 0 Å². The van der Waals surface area contributed by atoms with E-state index in [1.165, 1.54) is 12.8 Å². The minimum atomic E-state index is 0.481. The molecule has 0 aromatic carbocycles. The minimum Gasteiger partial charge on any atom is -0.354 e. The number of nitrogens with one attached hydrogen (secondary N) is 1. The first-order chi connectivity index (χ1) is 7.22. The molecule has 1 aliphatic heterocycles. The van der Waals surface area contributed by atoms with Crippen LogP contribution in [0, 0.1) is 6.92 Å². The Morgan fingerprint density at radius 2 is 2.40 bits per heavy atom. The van der Waals surface area contributed by atoms with Gasteiger partial charge in [0, 0.05) is 24.3 Å². The third-order valence-corrected chi connectivity index (χ3v) is 2.90. The highest BCUT2D eigenvalue weighted by atomic mass is 15.3. The van der Waals surface area contributed by atoms with E-state index in [9.17, 15) is 0 Å². The molecule has 15 heavy (non-hydrogen) atoms. The Bertz CT molecular complexity index is 352. The highest BCUT2D eigenvalue weighted by molar-refractivity contribution is 5.50. The van der Waals surface area contributed by atoms with Crippen molar-refractivity contribution in [1.82, 2.24) is 9.97 Å². The lowest BCUT2D eigenvalue weighted by molar-refractivity contribution is 0.724. The van der Waals surface area contributed by atoms with E-state index in [0.29, 0.717) is 12.0 Å². The lowest BCUT2D eigenvalue weighted by atomic mass is 10.2. The van der Waals surface area contributed by atoms with E-state index in [2.05, 4.69) is 27.2 Å². The lowest BCUT2D eigenvalue weighted by Gasteiger charge is -2.24. The Labute approximate surface area is 89.7 Å². The van der Waals surface area contributed by atoms with Crippen LogP contribution in [0.15, 0.2) is 6.20 Å². The molecule has 1 aliphatic rings. The van der Waals surface area contributed by atoms with Crippen molar-refractivity contribution in [3.63, 3.8) is 0 Å². The van der Waals surface area contributed by atoms with Gasteiger partial charge in [-0.25, -0.2) is 10.8 Å². The molecule has 82 valence electrons. The molecule has 0 bridgehead atoms. The van der Waals surface area contributed by atoms with E-state index >= 15 is 0 Å². The number of hydrogen-bond donors (Lipinski definition) is 2. The highest BCUT2D eigenvalue weighted by Gasteiger charge is 2.23. The number of nitrogen functional groups attached to an aromatic ring is 1. The Kier molecular flexibility index (Phi) is 2.73. The zero-order valence-electron chi connectivity index (χ0n) is 9.20. The van der Waals surface area contributed by atoms with Gasteiger partial charge in [0.2, 0.25) is 5.95 Å². The molecular formula is C10H17N5. The SMILES string of the molecule is Cc1cnc(NN)nc1N1CCCC1C. The number of aryl methyl sites for hydroxylation is 1. The second kappa shape index (κ2) is 4.02. The van der Waals surface area contributed by atoms with Crippen molar-refractivity contribution in [3.8, 4) is 0 Å². The summed E-state index contributed by atoms with van der Waals surface area (Å²) in [6.07, 6.45) is 4.27. The van der Waals surface area contributed by atoms with E-state index in [1.807, 2.05) is 13.1 Å². The summed E-state index contributed by atoms with van der Waals surface area (Å²) in [5.41, 5.74) is 3.58. The molecule has 5 nitrogen and oxygen atoms in total. The molecule has 0 saturated carbocycles. The van der Waals surface area contributed by atoms with Crippen LogP contribution >= 0.6 is 0 Å². The summed E-state index contributed by atoms with van der Waals surface area (Å²) < 4.78 is 0. The van der Waals surface area contributed by atoms with Crippen LogP contribution in [0.2, 0.25) is 0 Å². The Morgan fingerprint density at radius 3 is 3.00 bits per heavy atom. The third-order valence-electron chi connectivity index (χ3n) is 2.90. The summed E-state index contributed by atoms with van der Waals surface area (Å²) in [5, 5.41) is 0. The number of hydrazine groups is 1. The lowest BCUT2D eigenvalue weighted by Crippen LogP contribution is -2.28. The van der Waals surface area contributed by atoms with Crippen LogP contribution in [0.5, 0.6) is 0 Å². The summed E-state index contributed by atoms with van der Waals surface area (Å²) >= 11 is 0. The summed E-state index contributed by atoms with van der Waals surface area (Å²) in [6, 6.07) is 0.559. The molecule has 0 amide bonds. The number of aromatic nitrogens is 2. The van der Waals surface area contributed by atoms with E-state index in [0.717, 1.165) is 17.9 Å². The molecule has 1 aromatic rings. The van der Waals surface area contributed by atoms with E-state index < -0.39 is 0 Å². The van der Waals surface area contributed by atoms with E-state index in [-0.39, 0.29) is 0 Å². The van der Waals surface area contributed by atoms with Gasteiger partial charge in [-0.05, 0) is 26.7 Å². The number of rotatable bonds is 2. The molecule has 3 N–H and O–H groups in total. The van der Waals surface area contributed by atoms with Crippen molar-refractivity contribution in [2.75, 3.05) is 16.9 Å². The Morgan fingerprint density at radius 1 is 1.60 bits per heavy atom. The first-order valence-electron chi connectivity index (χ1n) is 5.29. The molecule has 1 saturated heterocycles. The minimum absolute atomic E-state index is 0.481. The van der Waals surface area contributed by atoms with E-state index in [4.69, 9.17) is 5.84 Å². The van der Waals surface area contributed by atoms with Crippen LogP contribution in [0.25, 0.3) is 0 Å². The fraction of sp³-hybridized carbons (Fsp3) is 0.600. The van der Waals surface area contributed by atoms with Crippen LogP contribution in [0.3, 0.4) is 0 Å². The smallest absolute Gasteiger partial charge is 0.239 e. The fourth-order valence-electron chi connectivity index (χ4n) is 2.04. The molecule has 1 unspecified atom stereocenters. The summed E-state index contributed by atoms with van der Waals surface area (Å²) in [6.45, 7) is 5.33. The number of anilines is 2. The topological polar surface area (TPSA) is 67.1 Å². The average molecular weight is 207 g/mol. The maximum absolute atomic E-state index is 5.31. The molecule has 5 heteroatoms. The molecule has 1 fully saturated rings. The maximum atomic E-state index is 5.31. The highest BCUT2D eigenvalue weighted by Crippen LogP contribution is 2.26. The van der Waals surface area contributed by atoms with Crippen molar-refractivity contribution >= 4 is 11.8 Å². The van der Waals surface area contributed by atoms with Gasteiger partial charge in [0.1, 0.15) is 5.82 Å². The normalized spacial score (nSPS) is 20.7. The van der Waals surface area contributed by atoms with Gasteiger partial charge in [0.05, 0.1) is 0 Å². The largest absolute Gasteiger partial charge is 0.354 e. The van der Waals surface area contributed by atoms with Crippen LogP contribution in [0.4, 0.5) is 11.8 Å². The molecule has 0 spiro atoms. The zero-order chi connectivity index (χ0) is 10.8. The standard InChI is InChI=1S/C10H17N5/c1-7-6-12-10(14-11)13-9(7)15-5-3-4-8(15)2/h6,8H,3-5,11H2,1-2H3,(H,12,13,14). The van der Waals surface area contributed by atoms with Crippen molar-refractivity contribution in [1.29, 1.82) is 0 Å². The summed E-state index contributed by atoms with van der Waals surface area (Å²) in [5.74, 6) is 6.79. The van der Waals surface area contributed by atoms with Gasteiger partial charge in [-0.3, -0.25) is 5.43 Å². The second-order valence-electron chi connectivity index (χ2n) is 4.03. The molecular weight excluding hydrogens is 190 g/mol. The monoisotopic (exact) mass is 207 g/mol. The molecule has 1 atom stereocenters. The Hall–Kier alpha value is -1.36. The third kappa shape index (κ3) is 1.87. The number of hydrogen-bond acceptors (Lipinski definition) is 5. The number of nitrogens with zero attached hydrogens (tertiary/aromatic N) is 3. The Balaban J connectivity index is 2.33.